The topological polar surface area (TPSA) is 9.23 Å². The van der Waals surface area contributed by atoms with E-state index in [2.05, 4.69) is 0 Å². The zero-order valence-electron chi connectivity index (χ0n) is 9.85. The molecule has 94 valence electrons. The number of benzene rings is 2. The van der Waals surface area contributed by atoms with Crippen LogP contribution in [0.2, 0.25) is 0 Å². The quantitative estimate of drug-likeness (QED) is 0.719. The third-order valence-corrected chi connectivity index (χ3v) is 2.85. The van der Waals surface area contributed by atoms with Crippen LogP contribution in [0.25, 0.3) is 0 Å². The highest BCUT2D eigenvalue weighted by Crippen LogP contribution is 2.25. The van der Waals surface area contributed by atoms with Crippen LogP contribution in [-0.4, -0.2) is 5.88 Å². The van der Waals surface area contributed by atoms with Crippen molar-refractivity contribution in [3.05, 3.63) is 66.0 Å². The van der Waals surface area contributed by atoms with E-state index in [0.717, 1.165) is 11.3 Å². The Hall–Kier alpha value is -1.54. The van der Waals surface area contributed by atoms with Crippen molar-refractivity contribution in [3.63, 3.8) is 0 Å². The molecule has 0 heterocycles. The van der Waals surface area contributed by atoms with Gasteiger partial charge in [0.1, 0.15) is 17.7 Å². The summed E-state index contributed by atoms with van der Waals surface area (Å²) in [6.07, 6.45) is 0.535. The maximum absolute atomic E-state index is 12.9. The highest BCUT2D eigenvalue weighted by atomic mass is 35.5. The highest BCUT2D eigenvalue weighted by Gasteiger charge is 2.12. The highest BCUT2D eigenvalue weighted by molar-refractivity contribution is 6.17. The zero-order valence-corrected chi connectivity index (χ0v) is 10.6. The Kier molecular flexibility index (Phi) is 4.59. The summed E-state index contributed by atoms with van der Waals surface area (Å²) in [5, 5.41) is 0. The number of para-hydroxylation sites is 1. The minimum absolute atomic E-state index is 0.148. The third-order valence-electron chi connectivity index (χ3n) is 2.63. The molecule has 0 aliphatic carbocycles. The van der Waals surface area contributed by atoms with Gasteiger partial charge in [0.25, 0.3) is 0 Å². The van der Waals surface area contributed by atoms with Crippen LogP contribution in [0, 0.1) is 5.82 Å². The first-order valence-electron chi connectivity index (χ1n) is 5.83. The van der Waals surface area contributed by atoms with Gasteiger partial charge in [-0.3, -0.25) is 0 Å². The van der Waals surface area contributed by atoms with Gasteiger partial charge in [-0.25, -0.2) is 4.39 Å². The molecule has 0 bridgehead atoms. The summed E-state index contributed by atoms with van der Waals surface area (Å²) in [5.74, 6) is 1.04. The molecule has 0 aliphatic rings. The lowest BCUT2D eigenvalue weighted by molar-refractivity contribution is 0.202. The van der Waals surface area contributed by atoms with Gasteiger partial charge in [0.2, 0.25) is 0 Å². The van der Waals surface area contributed by atoms with Crippen LogP contribution in [0.5, 0.6) is 5.75 Å². The van der Waals surface area contributed by atoms with Crippen LogP contribution in [0.1, 0.15) is 18.1 Å². The van der Waals surface area contributed by atoms with Crippen molar-refractivity contribution in [1.82, 2.24) is 0 Å². The lowest BCUT2D eigenvalue weighted by Gasteiger charge is -2.18. The third kappa shape index (κ3) is 3.47. The van der Waals surface area contributed by atoms with E-state index in [4.69, 9.17) is 16.3 Å². The van der Waals surface area contributed by atoms with E-state index in [1.54, 1.807) is 12.1 Å². The SMILES string of the molecule is Fc1ccc([C@H](CCCl)Oc2ccccc2)cc1. The molecule has 0 fully saturated rings. The molecule has 2 aromatic carbocycles. The van der Waals surface area contributed by atoms with E-state index < -0.39 is 0 Å². The average Bonchev–Trinajstić information content (AvgIpc) is 2.40. The molecule has 0 saturated heterocycles. The lowest BCUT2D eigenvalue weighted by atomic mass is 10.1. The molecular weight excluding hydrogens is 251 g/mol. The second-order valence-electron chi connectivity index (χ2n) is 3.95. The Bertz CT molecular complexity index is 470. The number of hydrogen-bond acceptors (Lipinski definition) is 1. The van der Waals surface area contributed by atoms with Crippen molar-refractivity contribution < 1.29 is 9.13 Å². The molecule has 0 spiro atoms. The molecule has 0 aromatic heterocycles. The van der Waals surface area contributed by atoms with Crippen LogP contribution in [0.3, 0.4) is 0 Å². The summed E-state index contributed by atoms with van der Waals surface area (Å²) < 4.78 is 18.8. The average molecular weight is 265 g/mol. The standard InChI is InChI=1S/C15H14ClFO/c16-11-10-15(12-6-8-13(17)9-7-12)18-14-4-2-1-3-5-14/h1-9,15H,10-11H2/t15-/m0/s1. The minimum Gasteiger partial charge on any atom is -0.486 e. The van der Waals surface area contributed by atoms with Crippen LogP contribution in [-0.2, 0) is 0 Å². The predicted octanol–water partition coefficient (Wildman–Crippen LogP) is 4.57. The van der Waals surface area contributed by atoms with E-state index in [0.29, 0.717) is 12.3 Å². The number of ether oxygens (including phenoxy) is 1. The molecule has 3 heteroatoms. The van der Waals surface area contributed by atoms with Crippen LogP contribution in [0.15, 0.2) is 54.6 Å². The molecule has 2 rings (SSSR count). The van der Waals surface area contributed by atoms with Crippen LogP contribution in [0.4, 0.5) is 4.39 Å². The second-order valence-corrected chi connectivity index (χ2v) is 4.33. The molecule has 0 aliphatic heterocycles. The van der Waals surface area contributed by atoms with Crippen molar-refractivity contribution in [2.24, 2.45) is 0 Å². The molecule has 2 aromatic rings. The van der Waals surface area contributed by atoms with Gasteiger partial charge in [-0.2, -0.15) is 0 Å². The predicted molar refractivity (Wildman–Crippen MR) is 71.5 cm³/mol. The molecular formula is C15H14ClFO. The van der Waals surface area contributed by atoms with Crippen LogP contribution >= 0.6 is 11.6 Å². The van der Waals surface area contributed by atoms with E-state index in [1.165, 1.54) is 12.1 Å². The first kappa shape index (κ1) is 12.9. The summed E-state index contributed by atoms with van der Waals surface area (Å²) in [6.45, 7) is 0. The van der Waals surface area contributed by atoms with Gasteiger partial charge in [-0.1, -0.05) is 30.3 Å². The molecule has 0 amide bonds. The number of rotatable bonds is 5. The van der Waals surface area contributed by atoms with Gasteiger partial charge in [-0.15, -0.1) is 11.6 Å². The van der Waals surface area contributed by atoms with Crippen LogP contribution < -0.4 is 4.74 Å². The fourth-order valence-electron chi connectivity index (χ4n) is 1.73. The van der Waals surface area contributed by atoms with Crippen molar-refractivity contribution in [2.75, 3.05) is 5.88 Å². The summed E-state index contributed by atoms with van der Waals surface area (Å²) in [4.78, 5) is 0. The molecule has 0 unspecified atom stereocenters. The minimum atomic E-state index is -0.247. The second kappa shape index (κ2) is 6.41. The molecule has 0 radical (unpaired) electrons. The Morgan fingerprint density at radius 1 is 1.00 bits per heavy atom. The Balaban J connectivity index is 2.15. The summed E-state index contributed by atoms with van der Waals surface area (Å²) in [6, 6.07) is 15.9. The molecule has 1 nitrogen and oxygen atoms in total. The lowest BCUT2D eigenvalue weighted by Crippen LogP contribution is -2.08. The van der Waals surface area contributed by atoms with Gasteiger partial charge in [-0.05, 0) is 29.8 Å². The molecule has 18 heavy (non-hydrogen) atoms. The maximum atomic E-state index is 12.9. The van der Waals surface area contributed by atoms with E-state index >= 15 is 0 Å². The number of halogens is 2. The van der Waals surface area contributed by atoms with E-state index in [1.807, 2.05) is 30.3 Å². The smallest absolute Gasteiger partial charge is 0.125 e. The Morgan fingerprint density at radius 2 is 1.67 bits per heavy atom. The Morgan fingerprint density at radius 3 is 2.28 bits per heavy atom. The normalized spacial score (nSPS) is 12.1. The molecule has 0 N–H and O–H groups in total. The summed E-state index contributed by atoms with van der Waals surface area (Å²) >= 11 is 5.79. The number of alkyl halides is 1. The van der Waals surface area contributed by atoms with E-state index in [-0.39, 0.29) is 11.9 Å². The fraction of sp³-hybridized carbons (Fsp3) is 0.200. The van der Waals surface area contributed by atoms with Gasteiger partial charge in [0.15, 0.2) is 0 Å². The van der Waals surface area contributed by atoms with Crippen molar-refractivity contribution in [2.45, 2.75) is 12.5 Å². The zero-order chi connectivity index (χ0) is 12.8. The summed E-state index contributed by atoms with van der Waals surface area (Å²) in [7, 11) is 0. The van der Waals surface area contributed by atoms with E-state index in [9.17, 15) is 4.39 Å². The van der Waals surface area contributed by atoms with Gasteiger partial charge >= 0.3 is 0 Å². The van der Waals surface area contributed by atoms with Gasteiger partial charge < -0.3 is 4.74 Å². The Labute approximate surface area is 111 Å². The molecule has 1 atom stereocenters. The first-order valence-corrected chi connectivity index (χ1v) is 6.36. The maximum Gasteiger partial charge on any atom is 0.125 e. The largest absolute Gasteiger partial charge is 0.486 e. The number of hydrogen-bond donors (Lipinski definition) is 0. The summed E-state index contributed by atoms with van der Waals surface area (Å²) in [5.41, 5.74) is 0.931. The van der Waals surface area contributed by atoms with Crippen molar-refractivity contribution >= 4 is 11.6 Å². The monoisotopic (exact) mass is 264 g/mol. The molecule has 0 saturated carbocycles. The first-order chi connectivity index (χ1) is 8.79. The van der Waals surface area contributed by atoms with Crippen molar-refractivity contribution in [3.8, 4) is 5.75 Å². The van der Waals surface area contributed by atoms with Gasteiger partial charge in [0, 0.05) is 12.3 Å². The van der Waals surface area contributed by atoms with Gasteiger partial charge in [0.05, 0.1) is 0 Å². The van der Waals surface area contributed by atoms with Crippen molar-refractivity contribution in [1.29, 1.82) is 0 Å². The fourth-order valence-corrected chi connectivity index (χ4v) is 1.93.